The van der Waals surface area contributed by atoms with Gasteiger partial charge in [0.2, 0.25) is 5.91 Å². The number of ether oxygens (including phenoxy) is 1. The first-order chi connectivity index (χ1) is 15.9. The molecule has 1 saturated carbocycles. The number of nitrogens with zero attached hydrogens (tertiary/aromatic N) is 1. The Morgan fingerprint density at radius 1 is 1.18 bits per heavy atom. The van der Waals surface area contributed by atoms with Crippen molar-refractivity contribution in [2.75, 3.05) is 6.61 Å². The van der Waals surface area contributed by atoms with Gasteiger partial charge in [-0.15, -0.1) is 0 Å². The van der Waals surface area contributed by atoms with E-state index in [0.717, 1.165) is 41.3 Å². The van der Waals surface area contributed by atoms with E-state index in [2.05, 4.69) is 21.2 Å². The molecule has 1 N–H and O–H groups in total. The lowest BCUT2D eigenvalue weighted by molar-refractivity contribution is -0.143. The number of carbonyl (C=O) groups excluding carboxylic acids is 2. The third-order valence-electron chi connectivity index (χ3n) is 6.13. The molecule has 0 bridgehead atoms. The molecular weight excluding hydrogens is 504 g/mol. The van der Waals surface area contributed by atoms with Gasteiger partial charge in [0, 0.05) is 22.1 Å². The zero-order chi connectivity index (χ0) is 23.8. The Balaban J connectivity index is 1.77. The number of nitrogens with one attached hydrogen (secondary N) is 1. The van der Waals surface area contributed by atoms with E-state index in [9.17, 15) is 9.59 Å². The van der Waals surface area contributed by atoms with Gasteiger partial charge in [0.05, 0.1) is 0 Å². The van der Waals surface area contributed by atoms with Crippen LogP contribution in [-0.2, 0) is 16.1 Å². The molecule has 0 heterocycles. The monoisotopic (exact) mass is 534 g/mol. The standard InChI is InChI=1S/C26H32BrClN2O3/c1-3-24(26(32)29-20-10-5-4-6-11-20)30(16-19-9-7-8-12-23(19)28)25(31)17-33-21-13-14-22(27)18(2)15-21/h7-9,12-15,20,24H,3-6,10-11,16-17H2,1-2H3,(H,29,32). The van der Waals surface area contributed by atoms with Gasteiger partial charge in [0.1, 0.15) is 11.8 Å². The lowest BCUT2D eigenvalue weighted by atomic mass is 9.95. The fourth-order valence-electron chi connectivity index (χ4n) is 4.21. The minimum absolute atomic E-state index is 0.107. The van der Waals surface area contributed by atoms with Gasteiger partial charge in [-0.1, -0.05) is 71.9 Å². The van der Waals surface area contributed by atoms with Crippen molar-refractivity contribution >= 4 is 39.3 Å². The molecule has 1 atom stereocenters. The number of hydrogen-bond donors (Lipinski definition) is 1. The maximum Gasteiger partial charge on any atom is 0.261 e. The van der Waals surface area contributed by atoms with E-state index in [0.29, 0.717) is 17.2 Å². The van der Waals surface area contributed by atoms with Crippen LogP contribution in [0, 0.1) is 6.92 Å². The molecule has 1 aliphatic carbocycles. The van der Waals surface area contributed by atoms with Crippen LogP contribution in [0.15, 0.2) is 46.9 Å². The molecule has 1 unspecified atom stereocenters. The van der Waals surface area contributed by atoms with E-state index in [1.807, 2.05) is 50.2 Å². The number of rotatable bonds is 9. The maximum absolute atomic E-state index is 13.3. The molecule has 0 aromatic heterocycles. The van der Waals surface area contributed by atoms with Crippen LogP contribution in [-0.4, -0.2) is 35.4 Å². The number of benzene rings is 2. The summed E-state index contributed by atoms with van der Waals surface area (Å²) >= 11 is 9.86. The summed E-state index contributed by atoms with van der Waals surface area (Å²) in [6, 6.07) is 12.6. The Kier molecular flexibility index (Phi) is 9.63. The molecule has 1 aliphatic rings. The molecule has 7 heteroatoms. The van der Waals surface area contributed by atoms with Gasteiger partial charge >= 0.3 is 0 Å². The van der Waals surface area contributed by atoms with E-state index in [-0.39, 0.29) is 31.0 Å². The minimum Gasteiger partial charge on any atom is -0.484 e. The summed E-state index contributed by atoms with van der Waals surface area (Å²) in [4.78, 5) is 28.2. The molecule has 0 spiro atoms. The van der Waals surface area contributed by atoms with Gasteiger partial charge < -0.3 is 15.0 Å². The van der Waals surface area contributed by atoms with Crippen molar-refractivity contribution in [2.24, 2.45) is 0 Å². The second-order valence-corrected chi connectivity index (χ2v) is 9.84. The van der Waals surface area contributed by atoms with Gasteiger partial charge in [-0.3, -0.25) is 9.59 Å². The molecule has 2 aromatic rings. The summed E-state index contributed by atoms with van der Waals surface area (Å²) in [6.45, 7) is 3.98. The predicted octanol–water partition coefficient (Wildman–Crippen LogP) is 6.05. The van der Waals surface area contributed by atoms with Crippen LogP contribution in [0.25, 0.3) is 0 Å². The Hall–Kier alpha value is -2.05. The minimum atomic E-state index is -0.592. The van der Waals surface area contributed by atoms with Gasteiger partial charge in [-0.2, -0.15) is 0 Å². The Bertz CT molecular complexity index is 962. The maximum atomic E-state index is 13.3. The van der Waals surface area contributed by atoms with Crippen LogP contribution in [0.2, 0.25) is 5.02 Å². The Labute approximate surface area is 210 Å². The zero-order valence-electron chi connectivity index (χ0n) is 19.3. The fourth-order valence-corrected chi connectivity index (χ4v) is 4.65. The van der Waals surface area contributed by atoms with Crippen molar-refractivity contribution in [1.29, 1.82) is 0 Å². The number of amides is 2. The van der Waals surface area contributed by atoms with E-state index in [1.165, 1.54) is 6.42 Å². The molecule has 0 aliphatic heterocycles. The average molecular weight is 536 g/mol. The summed E-state index contributed by atoms with van der Waals surface area (Å²) < 4.78 is 6.78. The van der Waals surface area contributed by atoms with Crippen molar-refractivity contribution in [3.63, 3.8) is 0 Å². The van der Waals surface area contributed by atoms with Crippen molar-refractivity contribution < 1.29 is 14.3 Å². The molecule has 2 amide bonds. The molecule has 0 saturated heterocycles. The predicted molar refractivity (Wildman–Crippen MR) is 135 cm³/mol. The highest BCUT2D eigenvalue weighted by atomic mass is 79.9. The third kappa shape index (κ3) is 7.21. The SMILES string of the molecule is CCC(C(=O)NC1CCCCC1)N(Cc1ccccc1Cl)C(=O)COc1ccc(Br)c(C)c1. The Morgan fingerprint density at radius 3 is 2.58 bits per heavy atom. The van der Waals surface area contributed by atoms with E-state index in [1.54, 1.807) is 11.0 Å². The third-order valence-corrected chi connectivity index (χ3v) is 7.39. The molecule has 3 rings (SSSR count). The van der Waals surface area contributed by atoms with Crippen LogP contribution in [0.3, 0.4) is 0 Å². The largest absolute Gasteiger partial charge is 0.484 e. The first kappa shape index (κ1) is 25.6. The number of hydrogen-bond acceptors (Lipinski definition) is 3. The quantitative estimate of drug-likeness (QED) is 0.425. The Morgan fingerprint density at radius 2 is 1.91 bits per heavy atom. The van der Waals surface area contributed by atoms with Crippen molar-refractivity contribution in [3.8, 4) is 5.75 Å². The molecule has 1 fully saturated rings. The first-order valence-electron chi connectivity index (χ1n) is 11.6. The molecule has 5 nitrogen and oxygen atoms in total. The van der Waals surface area contributed by atoms with Gasteiger partial charge in [0.25, 0.3) is 5.91 Å². The fraction of sp³-hybridized carbons (Fsp3) is 0.462. The van der Waals surface area contributed by atoms with Gasteiger partial charge in [0.15, 0.2) is 6.61 Å². The average Bonchev–Trinajstić information content (AvgIpc) is 2.81. The van der Waals surface area contributed by atoms with Crippen molar-refractivity contribution in [2.45, 2.75) is 71.0 Å². The number of halogens is 2. The molecule has 0 radical (unpaired) electrons. The van der Waals surface area contributed by atoms with Crippen LogP contribution < -0.4 is 10.1 Å². The van der Waals surface area contributed by atoms with Gasteiger partial charge in [-0.05, 0) is 61.6 Å². The van der Waals surface area contributed by atoms with E-state index in [4.69, 9.17) is 16.3 Å². The lowest BCUT2D eigenvalue weighted by Gasteiger charge is -2.33. The van der Waals surface area contributed by atoms with Crippen molar-refractivity contribution in [1.82, 2.24) is 10.2 Å². The highest BCUT2D eigenvalue weighted by molar-refractivity contribution is 9.10. The summed E-state index contributed by atoms with van der Waals surface area (Å²) in [6.07, 6.45) is 5.97. The first-order valence-corrected chi connectivity index (χ1v) is 12.8. The van der Waals surface area contributed by atoms with Crippen LogP contribution >= 0.6 is 27.5 Å². The van der Waals surface area contributed by atoms with E-state index < -0.39 is 6.04 Å². The molecule has 178 valence electrons. The van der Waals surface area contributed by atoms with Crippen LogP contribution in [0.4, 0.5) is 0 Å². The second-order valence-electron chi connectivity index (χ2n) is 8.58. The van der Waals surface area contributed by atoms with Crippen LogP contribution in [0.5, 0.6) is 5.75 Å². The smallest absolute Gasteiger partial charge is 0.261 e. The number of aryl methyl sites for hydroxylation is 1. The topological polar surface area (TPSA) is 58.6 Å². The van der Waals surface area contributed by atoms with Gasteiger partial charge in [-0.25, -0.2) is 0 Å². The highest BCUT2D eigenvalue weighted by Crippen LogP contribution is 2.23. The summed E-state index contributed by atoms with van der Waals surface area (Å²) in [5, 5.41) is 3.75. The molecule has 33 heavy (non-hydrogen) atoms. The van der Waals surface area contributed by atoms with E-state index >= 15 is 0 Å². The molecule has 2 aromatic carbocycles. The number of carbonyl (C=O) groups is 2. The highest BCUT2D eigenvalue weighted by Gasteiger charge is 2.31. The lowest BCUT2D eigenvalue weighted by Crippen LogP contribution is -2.52. The van der Waals surface area contributed by atoms with Crippen molar-refractivity contribution in [3.05, 3.63) is 63.1 Å². The normalized spacial score (nSPS) is 15.0. The summed E-state index contributed by atoms with van der Waals surface area (Å²) in [7, 11) is 0. The van der Waals surface area contributed by atoms with Crippen LogP contribution in [0.1, 0.15) is 56.6 Å². The molecular formula is C26H32BrClN2O3. The zero-order valence-corrected chi connectivity index (χ0v) is 21.6. The summed E-state index contributed by atoms with van der Waals surface area (Å²) in [5.74, 6) is 0.256. The second kappa shape index (κ2) is 12.4. The summed E-state index contributed by atoms with van der Waals surface area (Å²) in [5.41, 5.74) is 1.82.